The number of aromatic nitrogens is 2. The summed E-state index contributed by atoms with van der Waals surface area (Å²) < 4.78 is 5.19. The van der Waals surface area contributed by atoms with E-state index in [4.69, 9.17) is 16.2 Å². The molecule has 0 saturated carbocycles. The van der Waals surface area contributed by atoms with Crippen LogP contribution < -0.4 is 21.5 Å². The van der Waals surface area contributed by atoms with Gasteiger partial charge in [0.1, 0.15) is 5.75 Å². The molecule has 0 saturated heterocycles. The normalized spacial score (nSPS) is 12.1. The number of aromatic amines is 1. The molecule has 0 fully saturated rings. The highest BCUT2D eigenvalue weighted by atomic mass is 16.5. The van der Waals surface area contributed by atoms with Crippen LogP contribution in [-0.2, 0) is 0 Å². The molecule has 0 spiro atoms. The van der Waals surface area contributed by atoms with Crippen molar-refractivity contribution in [3.63, 3.8) is 0 Å². The Bertz CT molecular complexity index is 904. The van der Waals surface area contributed by atoms with Gasteiger partial charge < -0.3 is 26.5 Å². The molecule has 2 aromatic carbocycles. The van der Waals surface area contributed by atoms with Crippen LogP contribution in [-0.4, -0.2) is 42.1 Å². The third-order valence-corrected chi connectivity index (χ3v) is 4.42. The molecule has 7 heteroatoms. The summed E-state index contributed by atoms with van der Waals surface area (Å²) >= 11 is 0. The molecule has 0 aliphatic rings. The maximum atomic E-state index is 12.3. The van der Waals surface area contributed by atoms with Crippen molar-refractivity contribution >= 4 is 16.9 Å². The number of ether oxygens (including phenoxy) is 1. The van der Waals surface area contributed by atoms with E-state index in [9.17, 15) is 4.79 Å². The largest absolute Gasteiger partial charge is 0.497 e. The first-order valence-electron chi connectivity index (χ1n) is 8.98. The summed E-state index contributed by atoms with van der Waals surface area (Å²) in [6, 6.07) is 13.6. The minimum atomic E-state index is -0.264. The monoisotopic (exact) mass is 367 g/mol. The quantitative estimate of drug-likeness (QED) is 0.486. The van der Waals surface area contributed by atoms with E-state index in [0.29, 0.717) is 13.1 Å². The summed E-state index contributed by atoms with van der Waals surface area (Å²) in [5.41, 5.74) is 15.1. The number of nitrogens with one attached hydrogen (secondary N) is 2. The molecular weight excluding hydrogens is 342 g/mol. The van der Waals surface area contributed by atoms with Crippen molar-refractivity contribution in [3.05, 3.63) is 48.3 Å². The van der Waals surface area contributed by atoms with Gasteiger partial charge >= 0.3 is 0 Å². The second kappa shape index (κ2) is 8.66. The maximum absolute atomic E-state index is 12.3. The Morgan fingerprint density at radius 3 is 2.67 bits per heavy atom. The fraction of sp³-hybridized carbons (Fsp3) is 0.300. The van der Waals surface area contributed by atoms with Crippen LogP contribution in [0.15, 0.2) is 42.5 Å². The van der Waals surface area contributed by atoms with Crippen molar-refractivity contribution < 1.29 is 9.53 Å². The number of hydrogen-bond acceptors (Lipinski definition) is 5. The minimum absolute atomic E-state index is 0.108. The van der Waals surface area contributed by atoms with E-state index in [0.717, 1.165) is 40.8 Å². The number of carbonyl (C=O) groups is 1. The second-order valence-corrected chi connectivity index (χ2v) is 6.45. The number of imidazole rings is 1. The van der Waals surface area contributed by atoms with Gasteiger partial charge in [-0.05, 0) is 54.8 Å². The summed E-state index contributed by atoms with van der Waals surface area (Å²) in [4.78, 5) is 19.8. The number of rotatable bonds is 8. The van der Waals surface area contributed by atoms with E-state index >= 15 is 0 Å². The van der Waals surface area contributed by atoms with E-state index in [-0.39, 0.29) is 17.8 Å². The molecular formula is C20H25N5O2. The van der Waals surface area contributed by atoms with Crippen LogP contribution >= 0.6 is 0 Å². The number of amides is 1. The maximum Gasteiger partial charge on any atom is 0.287 e. The zero-order valence-electron chi connectivity index (χ0n) is 15.4. The molecule has 142 valence electrons. The van der Waals surface area contributed by atoms with Gasteiger partial charge in [-0.2, -0.15) is 0 Å². The number of carbonyl (C=O) groups excluding carboxylic acids is 1. The highest BCUT2D eigenvalue weighted by Gasteiger charge is 2.13. The van der Waals surface area contributed by atoms with Gasteiger partial charge in [-0.25, -0.2) is 4.98 Å². The summed E-state index contributed by atoms with van der Waals surface area (Å²) in [5.74, 6) is 0.827. The van der Waals surface area contributed by atoms with Gasteiger partial charge in [0.25, 0.3) is 5.91 Å². The molecule has 0 aliphatic carbocycles. The summed E-state index contributed by atoms with van der Waals surface area (Å²) in [6.45, 7) is 0.995. The molecule has 7 nitrogen and oxygen atoms in total. The fourth-order valence-electron chi connectivity index (χ4n) is 2.87. The summed E-state index contributed by atoms with van der Waals surface area (Å²) in [6.07, 6.45) is 1.62. The van der Waals surface area contributed by atoms with Gasteiger partial charge in [-0.15, -0.1) is 0 Å². The molecule has 1 unspecified atom stereocenters. The van der Waals surface area contributed by atoms with Gasteiger partial charge in [0, 0.05) is 12.6 Å². The molecule has 1 atom stereocenters. The smallest absolute Gasteiger partial charge is 0.287 e. The molecule has 6 N–H and O–H groups in total. The van der Waals surface area contributed by atoms with E-state index in [2.05, 4.69) is 15.3 Å². The Morgan fingerprint density at radius 1 is 1.22 bits per heavy atom. The van der Waals surface area contributed by atoms with Gasteiger partial charge in [-0.1, -0.05) is 18.2 Å². The number of nitrogens with zero attached hydrogens (tertiary/aromatic N) is 1. The van der Waals surface area contributed by atoms with Crippen molar-refractivity contribution in [2.24, 2.45) is 11.5 Å². The highest BCUT2D eigenvalue weighted by Crippen LogP contribution is 2.25. The summed E-state index contributed by atoms with van der Waals surface area (Å²) in [5, 5.41) is 2.82. The third-order valence-electron chi connectivity index (χ3n) is 4.42. The number of nitrogens with two attached hydrogens (primary N) is 2. The Labute approximate surface area is 158 Å². The standard InChI is InChI=1S/C20H25N5O2/c1-27-16-7-4-13(5-8-16)14-6-9-17-18(11-14)25-19(24-17)20(26)23-12-15(22)3-2-10-21/h4-9,11,15H,2-3,10,12,21-22H2,1H3,(H,23,26)(H,24,25). The van der Waals surface area contributed by atoms with Crippen molar-refractivity contribution in [1.82, 2.24) is 15.3 Å². The molecule has 1 aromatic heterocycles. The fourth-order valence-corrected chi connectivity index (χ4v) is 2.87. The predicted molar refractivity (Wildman–Crippen MR) is 107 cm³/mol. The average Bonchev–Trinajstić information content (AvgIpc) is 3.14. The van der Waals surface area contributed by atoms with Crippen LogP contribution in [0, 0.1) is 0 Å². The zero-order chi connectivity index (χ0) is 19.2. The number of fused-ring (bicyclic) bond motifs is 1. The summed E-state index contributed by atoms with van der Waals surface area (Å²) in [7, 11) is 1.64. The second-order valence-electron chi connectivity index (χ2n) is 6.45. The lowest BCUT2D eigenvalue weighted by molar-refractivity contribution is 0.0941. The molecule has 0 radical (unpaired) electrons. The Balaban J connectivity index is 1.72. The number of methoxy groups -OCH3 is 1. The van der Waals surface area contributed by atoms with Gasteiger partial charge in [0.15, 0.2) is 5.82 Å². The predicted octanol–water partition coefficient (Wildman–Crippen LogP) is 2.03. The zero-order valence-corrected chi connectivity index (χ0v) is 15.4. The number of H-pyrrole nitrogens is 1. The van der Waals surface area contributed by atoms with Crippen molar-refractivity contribution in [3.8, 4) is 16.9 Å². The van der Waals surface area contributed by atoms with Crippen LogP contribution in [0.4, 0.5) is 0 Å². The lowest BCUT2D eigenvalue weighted by Crippen LogP contribution is -2.37. The van der Waals surface area contributed by atoms with Gasteiger partial charge in [-0.3, -0.25) is 4.79 Å². The first-order valence-corrected chi connectivity index (χ1v) is 8.98. The minimum Gasteiger partial charge on any atom is -0.497 e. The average molecular weight is 367 g/mol. The van der Waals surface area contributed by atoms with Crippen molar-refractivity contribution in [2.45, 2.75) is 18.9 Å². The Morgan fingerprint density at radius 2 is 1.96 bits per heavy atom. The SMILES string of the molecule is COc1ccc(-c2ccc3nc(C(=O)NCC(N)CCCN)[nH]c3c2)cc1. The van der Waals surface area contributed by atoms with Crippen LogP contribution in [0.2, 0.25) is 0 Å². The molecule has 0 aliphatic heterocycles. The van der Waals surface area contributed by atoms with Crippen molar-refractivity contribution in [2.75, 3.05) is 20.2 Å². The number of hydrogen-bond donors (Lipinski definition) is 4. The van der Waals surface area contributed by atoms with Gasteiger partial charge in [0.05, 0.1) is 18.1 Å². The first-order chi connectivity index (χ1) is 13.1. The lowest BCUT2D eigenvalue weighted by atomic mass is 10.1. The topological polar surface area (TPSA) is 119 Å². The molecule has 1 amide bonds. The van der Waals surface area contributed by atoms with Gasteiger partial charge in [0.2, 0.25) is 0 Å². The molecule has 1 heterocycles. The van der Waals surface area contributed by atoms with Crippen LogP contribution in [0.5, 0.6) is 5.75 Å². The molecule has 27 heavy (non-hydrogen) atoms. The third kappa shape index (κ3) is 4.64. The first kappa shape index (κ1) is 18.9. The highest BCUT2D eigenvalue weighted by molar-refractivity contribution is 5.94. The van der Waals surface area contributed by atoms with Crippen LogP contribution in [0.25, 0.3) is 22.2 Å². The van der Waals surface area contributed by atoms with Crippen LogP contribution in [0.1, 0.15) is 23.5 Å². The van der Waals surface area contributed by atoms with E-state index < -0.39 is 0 Å². The van der Waals surface area contributed by atoms with E-state index in [1.165, 1.54) is 0 Å². The molecule has 3 rings (SSSR count). The number of benzene rings is 2. The Kier molecular flexibility index (Phi) is 6.05. The van der Waals surface area contributed by atoms with E-state index in [1.54, 1.807) is 7.11 Å². The van der Waals surface area contributed by atoms with Crippen molar-refractivity contribution in [1.29, 1.82) is 0 Å². The van der Waals surface area contributed by atoms with Crippen LogP contribution in [0.3, 0.4) is 0 Å². The molecule has 0 bridgehead atoms. The lowest BCUT2D eigenvalue weighted by Gasteiger charge is -2.11. The Hall–Kier alpha value is -2.90. The van der Waals surface area contributed by atoms with E-state index in [1.807, 2.05) is 42.5 Å². The molecule has 3 aromatic rings.